The van der Waals surface area contributed by atoms with E-state index in [0.29, 0.717) is 11.8 Å². The van der Waals surface area contributed by atoms with Gasteiger partial charge in [0.05, 0.1) is 6.04 Å². The van der Waals surface area contributed by atoms with E-state index in [2.05, 4.69) is 10.2 Å². The molecule has 19 heavy (non-hydrogen) atoms. The van der Waals surface area contributed by atoms with Crippen molar-refractivity contribution in [1.29, 1.82) is 0 Å². The molecule has 0 amide bonds. The van der Waals surface area contributed by atoms with Crippen molar-refractivity contribution in [2.75, 3.05) is 0 Å². The van der Waals surface area contributed by atoms with Gasteiger partial charge in [0.2, 0.25) is 6.04 Å². The van der Waals surface area contributed by atoms with Gasteiger partial charge >= 0.3 is 5.97 Å². The number of aliphatic carboxylic acids is 1. The van der Waals surface area contributed by atoms with E-state index in [1.807, 2.05) is 0 Å². The maximum Gasteiger partial charge on any atom is 0.338 e. The monoisotopic (exact) mass is 264 g/mol. The van der Waals surface area contributed by atoms with Gasteiger partial charge in [-0.3, -0.25) is 4.79 Å². The normalized spacial score (nSPS) is 41.6. The number of ketones is 1. The summed E-state index contributed by atoms with van der Waals surface area (Å²) in [7, 11) is 0. The first kappa shape index (κ1) is 12.8. The van der Waals surface area contributed by atoms with Crippen molar-refractivity contribution in [3.63, 3.8) is 0 Å². The van der Waals surface area contributed by atoms with Gasteiger partial charge in [-0.1, -0.05) is 0 Å². The summed E-state index contributed by atoms with van der Waals surface area (Å²) in [5.41, 5.74) is 0. The predicted molar refractivity (Wildman–Crippen MR) is 67.8 cm³/mol. The average Bonchev–Trinajstić information content (AvgIpc) is 2.30. The van der Waals surface area contributed by atoms with Gasteiger partial charge in [0.1, 0.15) is 0 Å². The molecule has 0 saturated heterocycles. The zero-order valence-corrected chi connectivity index (χ0v) is 11.2. The minimum Gasteiger partial charge on any atom is -0.479 e. The molecular formula is C14H20N2O3. The molecule has 5 heteroatoms. The highest BCUT2D eigenvalue weighted by atomic mass is 16.4. The standard InChI is InChI=1S/C14H20N2O3/c1-7(17)12(14(18)19)15-16-13-10-3-8-2-9(5-10)6-11(13)4-8/h8-13H,2-6H2,1H3,(H,18,19). The molecule has 4 fully saturated rings. The Labute approximate surface area is 112 Å². The summed E-state index contributed by atoms with van der Waals surface area (Å²) in [6.07, 6.45) is 6.24. The fraction of sp³-hybridized carbons (Fsp3) is 0.857. The summed E-state index contributed by atoms with van der Waals surface area (Å²) in [6, 6.07) is -1.15. The van der Waals surface area contributed by atoms with E-state index in [9.17, 15) is 9.59 Å². The highest BCUT2D eigenvalue weighted by Gasteiger charge is 2.48. The van der Waals surface area contributed by atoms with E-state index in [-0.39, 0.29) is 6.04 Å². The lowest BCUT2D eigenvalue weighted by Crippen LogP contribution is -2.47. The number of hydrogen-bond acceptors (Lipinski definition) is 4. The Morgan fingerprint density at radius 2 is 1.58 bits per heavy atom. The third-order valence-electron chi connectivity index (χ3n) is 5.11. The van der Waals surface area contributed by atoms with Gasteiger partial charge < -0.3 is 5.11 Å². The molecule has 4 rings (SSSR count). The van der Waals surface area contributed by atoms with Crippen LogP contribution >= 0.6 is 0 Å². The molecule has 5 nitrogen and oxygen atoms in total. The Kier molecular flexibility index (Phi) is 3.15. The molecule has 0 aromatic heterocycles. The smallest absolute Gasteiger partial charge is 0.338 e. The number of carboxylic acids is 1. The van der Waals surface area contributed by atoms with Crippen molar-refractivity contribution in [2.24, 2.45) is 33.9 Å². The van der Waals surface area contributed by atoms with Crippen LogP contribution in [-0.2, 0) is 9.59 Å². The zero-order chi connectivity index (χ0) is 13.6. The SMILES string of the molecule is CC(=O)C(N=NC1C2CC3CC(C2)CC1C3)C(=O)O. The number of rotatable bonds is 4. The summed E-state index contributed by atoms with van der Waals surface area (Å²) in [4.78, 5) is 22.2. The van der Waals surface area contributed by atoms with E-state index in [4.69, 9.17) is 5.11 Å². The van der Waals surface area contributed by atoms with Crippen LogP contribution in [0.3, 0.4) is 0 Å². The fourth-order valence-electron chi connectivity index (χ4n) is 4.53. The van der Waals surface area contributed by atoms with Gasteiger partial charge in [0.15, 0.2) is 5.78 Å². The molecular weight excluding hydrogens is 244 g/mol. The second-order valence-corrected chi connectivity index (χ2v) is 6.50. The Bertz CT molecular complexity index is 390. The molecule has 4 saturated carbocycles. The topological polar surface area (TPSA) is 79.1 Å². The zero-order valence-electron chi connectivity index (χ0n) is 11.2. The molecule has 0 aromatic carbocycles. The maximum atomic E-state index is 11.2. The van der Waals surface area contributed by atoms with Crippen molar-refractivity contribution in [3.05, 3.63) is 0 Å². The lowest BCUT2D eigenvalue weighted by Gasteiger charge is -2.52. The van der Waals surface area contributed by atoms with E-state index in [0.717, 1.165) is 11.8 Å². The Morgan fingerprint density at radius 1 is 1.05 bits per heavy atom. The predicted octanol–water partition coefficient (Wildman–Crippen LogP) is 2.31. The van der Waals surface area contributed by atoms with Crippen LogP contribution in [0, 0.1) is 23.7 Å². The van der Waals surface area contributed by atoms with E-state index >= 15 is 0 Å². The molecule has 4 aliphatic rings. The number of carboxylic acid groups (broad SMARTS) is 1. The maximum absolute atomic E-state index is 11.2. The van der Waals surface area contributed by atoms with Crippen LogP contribution in [0.15, 0.2) is 10.2 Å². The van der Waals surface area contributed by atoms with Crippen LogP contribution in [0.1, 0.15) is 39.0 Å². The summed E-state index contributed by atoms with van der Waals surface area (Å²) in [5.74, 6) is 1.22. The summed E-state index contributed by atoms with van der Waals surface area (Å²) >= 11 is 0. The first-order valence-corrected chi connectivity index (χ1v) is 7.17. The van der Waals surface area contributed by atoms with Crippen molar-refractivity contribution in [3.8, 4) is 0 Å². The van der Waals surface area contributed by atoms with Gasteiger partial charge in [-0.2, -0.15) is 10.2 Å². The lowest BCUT2D eigenvalue weighted by atomic mass is 9.54. The third kappa shape index (κ3) is 2.30. The molecule has 0 aromatic rings. The van der Waals surface area contributed by atoms with Crippen LogP contribution in [-0.4, -0.2) is 28.9 Å². The molecule has 1 atom stereocenters. The molecule has 104 valence electrons. The molecule has 0 heterocycles. The van der Waals surface area contributed by atoms with Crippen molar-refractivity contribution < 1.29 is 14.7 Å². The summed E-state index contributed by atoms with van der Waals surface area (Å²) < 4.78 is 0. The van der Waals surface area contributed by atoms with Gasteiger partial charge in [-0.25, -0.2) is 4.79 Å². The number of carbonyl (C=O) groups is 2. The molecule has 1 N–H and O–H groups in total. The van der Waals surface area contributed by atoms with Crippen LogP contribution in [0.4, 0.5) is 0 Å². The van der Waals surface area contributed by atoms with Crippen molar-refractivity contribution in [1.82, 2.24) is 0 Å². The Morgan fingerprint density at radius 3 is 2.00 bits per heavy atom. The lowest BCUT2D eigenvalue weighted by molar-refractivity contribution is -0.141. The Hall–Kier alpha value is -1.26. The van der Waals surface area contributed by atoms with Gasteiger partial charge in [-0.05, 0) is 62.7 Å². The van der Waals surface area contributed by atoms with Gasteiger partial charge in [0.25, 0.3) is 0 Å². The molecule has 4 aliphatic carbocycles. The first-order valence-electron chi connectivity index (χ1n) is 7.17. The number of nitrogens with zero attached hydrogens (tertiary/aromatic N) is 2. The molecule has 0 spiro atoms. The van der Waals surface area contributed by atoms with Gasteiger partial charge in [-0.15, -0.1) is 0 Å². The molecule has 1 unspecified atom stereocenters. The fourth-order valence-corrected chi connectivity index (χ4v) is 4.53. The van der Waals surface area contributed by atoms with Crippen LogP contribution < -0.4 is 0 Å². The van der Waals surface area contributed by atoms with Crippen molar-refractivity contribution in [2.45, 2.75) is 51.1 Å². The second-order valence-electron chi connectivity index (χ2n) is 6.50. The molecule has 0 aliphatic heterocycles. The Balaban J connectivity index is 1.73. The van der Waals surface area contributed by atoms with E-state index in [1.54, 1.807) is 0 Å². The largest absolute Gasteiger partial charge is 0.479 e. The number of carbonyl (C=O) groups excluding carboxylic acids is 1. The van der Waals surface area contributed by atoms with E-state index in [1.165, 1.54) is 39.0 Å². The molecule has 4 bridgehead atoms. The number of hydrogen-bond donors (Lipinski definition) is 1. The summed E-state index contributed by atoms with van der Waals surface area (Å²) in [5, 5.41) is 17.1. The van der Waals surface area contributed by atoms with Gasteiger partial charge in [0, 0.05) is 0 Å². The number of Topliss-reactive ketones (excluding diaryl/α,β-unsaturated/α-hetero) is 1. The van der Waals surface area contributed by atoms with Crippen LogP contribution in [0.2, 0.25) is 0 Å². The van der Waals surface area contributed by atoms with Crippen molar-refractivity contribution >= 4 is 11.8 Å². The third-order valence-corrected chi connectivity index (χ3v) is 5.11. The highest BCUT2D eigenvalue weighted by Crippen LogP contribution is 2.54. The summed E-state index contributed by atoms with van der Waals surface area (Å²) in [6.45, 7) is 1.26. The highest BCUT2D eigenvalue weighted by molar-refractivity contribution is 6.01. The first-order chi connectivity index (χ1) is 9.04. The van der Waals surface area contributed by atoms with E-state index < -0.39 is 17.8 Å². The second kappa shape index (κ2) is 4.69. The minimum absolute atomic E-state index is 0.161. The minimum atomic E-state index is -1.31. The average molecular weight is 264 g/mol. The van der Waals surface area contributed by atoms with Crippen LogP contribution in [0.25, 0.3) is 0 Å². The quantitative estimate of drug-likeness (QED) is 0.625. The van der Waals surface area contributed by atoms with Crippen LogP contribution in [0.5, 0.6) is 0 Å². The molecule has 0 radical (unpaired) electrons. The number of azo groups is 1.